The van der Waals surface area contributed by atoms with Crippen molar-refractivity contribution < 1.29 is 19.7 Å². The van der Waals surface area contributed by atoms with Crippen molar-refractivity contribution in [2.24, 2.45) is 0 Å². The first-order chi connectivity index (χ1) is 14.6. The molecule has 4 rings (SSSR count). The minimum atomic E-state index is -0.927. The summed E-state index contributed by atoms with van der Waals surface area (Å²) in [6.07, 6.45) is 4.61. The number of aliphatic hydroxyl groups is 2. The zero-order chi connectivity index (χ0) is 21.0. The number of ether oxygens (including phenoxy) is 2. The van der Waals surface area contributed by atoms with E-state index >= 15 is 0 Å². The van der Waals surface area contributed by atoms with Gasteiger partial charge in [-0.2, -0.15) is 0 Å². The van der Waals surface area contributed by atoms with E-state index in [9.17, 15) is 10.2 Å². The van der Waals surface area contributed by atoms with Crippen molar-refractivity contribution in [2.75, 3.05) is 26.8 Å². The SMILES string of the molecule is COc1ccc(OCCC(O)N2CCC(O)(c3cncc4ccccc34)CC2)cc1. The van der Waals surface area contributed by atoms with Gasteiger partial charge in [-0.25, -0.2) is 0 Å². The van der Waals surface area contributed by atoms with Gasteiger partial charge in [0.1, 0.15) is 17.7 Å². The third-order valence-electron chi connectivity index (χ3n) is 5.92. The molecule has 3 aromatic rings. The van der Waals surface area contributed by atoms with Crippen molar-refractivity contribution >= 4 is 10.8 Å². The highest BCUT2D eigenvalue weighted by molar-refractivity contribution is 5.85. The van der Waals surface area contributed by atoms with E-state index in [1.807, 2.05) is 59.6 Å². The molecule has 1 aromatic heterocycles. The second-order valence-corrected chi connectivity index (χ2v) is 7.77. The number of aromatic nitrogens is 1. The Balaban J connectivity index is 1.32. The van der Waals surface area contributed by atoms with E-state index in [1.54, 1.807) is 13.3 Å². The average Bonchev–Trinajstić information content (AvgIpc) is 2.79. The lowest BCUT2D eigenvalue weighted by atomic mass is 9.83. The molecule has 2 N–H and O–H groups in total. The van der Waals surface area contributed by atoms with Gasteiger partial charge in [0.05, 0.1) is 19.3 Å². The molecule has 0 aliphatic carbocycles. The summed E-state index contributed by atoms with van der Waals surface area (Å²) in [6.45, 7) is 1.65. The van der Waals surface area contributed by atoms with Crippen LogP contribution < -0.4 is 9.47 Å². The summed E-state index contributed by atoms with van der Waals surface area (Å²) < 4.78 is 10.9. The predicted octanol–water partition coefficient (Wildman–Crippen LogP) is 3.31. The number of hydrogen-bond acceptors (Lipinski definition) is 6. The van der Waals surface area contributed by atoms with E-state index in [-0.39, 0.29) is 0 Å². The van der Waals surface area contributed by atoms with Crippen molar-refractivity contribution in [1.82, 2.24) is 9.88 Å². The van der Waals surface area contributed by atoms with E-state index in [4.69, 9.17) is 9.47 Å². The summed E-state index contributed by atoms with van der Waals surface area (Å²) in [5.41, 5.74) is -0.0541. The molecular weight excluding hydrogens is 380 g/mol. The lowest BCUT2D eigenvalue weighted by molar-refractivity contribution is -0.0814. The number of piperidine rings is 1. The van der Waals surface area contributed by atoms with E-state index in [0.717, 1.165) is 27.8 Å². The molecule has 158 valence electrons. The maximum Gasteiger partial charge on any atom is 0.119 e. The molecule has 2 aromatic carbocycles. The van der Waals surface area contributed by atoms with Crippen LogP contribution in [-0.4, -0.2) is 53.1 Å². The van der Waals surface area contributed by atoms with Crippen LogP contribution in [-0.2, 0) is 5.60 Å². The number of hydrogen-bond donors (Lipinski definition) is 2. The van der Waals surface area contributed by atoms with Crippen LogP contribution in [0.5, 0.6) is 11.5 Å². The van der Waals surface area contributed by atoms with Crippen LogP contribution in [0.1, 0.15) is 24.8 Å². The Kier molecular flexibility index (Phi) is 6.18. The zero-order valence-electron chi connectivity index (χ0n) is 17.2. The fourth-order valence-electron chi connectivity index (χ4n) is 4.09. The maximum atomic E-state index is 11.3. The maximum absolute atomic E-state index is 11.3. The monoisotopic (exact) mass is 408 g/mol. The minimum absolute atomic E-state index is 0.418. The van der Waals surface area contributed by atoms with Gasteiger partial charge in [0.25, 0.3) is 0 Å². The summed E-state index contributed by atoms with van der Waals surface area (Å²) in [4.78, 5) is 6.32. The van der Waals surface area contributed by atoms with Gasteiger partial charge in [-0.05, 0) is 42.5 Å². The largest absolute Gasteiger partial charge is 0.497 e. The van der Waals surface area contributed by atoms with Crippen molar-refractivity contribution in [3.8, 4) is 11.5 Å². The Hall–Kier alpha value is -2.67. The molecule has 0 bridgehead atoms. The summed E-state index contributed by atoms with van der Waals surface area (Å²) in [5.74, 6) is 1.53. The molecule has 0 amide bonds. The minimum Gasteiger partial charge on any atom is -0.497 e. The Morgan fingerprint density at radius 2 is 1.73 bits per heavy atom. The summed E-state index contributed by atoms with van der Waals surface area (Å²) in [5, 5.41) is 24.0. The smallest absolute Gasteiger partial charge is 0.119 e. The van der Waals surface area contributed by atoms with Gasteiger partial charge in [-0.15, -0.1) is 0 Å². The number of nitrogens with zero attached hydrogens (tertiary/aromatic N) is 2. The van der Waals surface area contributed by atoms with Crippen LogP contribution in [0.25, 0.3) is 10.8 Å². The highest BCUT2D eigenvalue weighted by Gasteiger charge is 2.36. The molecular formula is C24H28N2O4. The molecule has 0 spiro atoms. The first-order valence-electron chi connectivity index (χ1n) is 10.3. The van der Waals surface area contributed by atoms with Crippen LogP contribution in [0.4, 0.5) is 0 Å². The fourth-order valence-corrected chi connectivity index (χ4v) is 4.09. The first kappa shape index (κ1) is 20.6. The number of likely N-dealkylation sites (tertiary alicyclic amines) is 1. The van der Waals surface area contributed by atoms with E-state index in [2.05, 4.69) is 4.98 Å². The Labute approximate surface area is 176 Å². The Morgan fingerprint density at radius 3 is 2.47 bits per heavy atom. The quantitative estimate of drug-likeness (QED) is 0.625. The summed E-state index contributed by atoms with van der Waals surface area (Å²) in [6, 6.07) is 15.4. The van der Waals surface area contributed by atoms with Gasteiger partial charge in [0.15, 0.2) is 0 Å². The molecule has 0 radical (unpaired) electrons. The number of rotatable bonds is 7. The van der Waals surface area contributed by atoms with Crippen molar-refractivity contribution in [3.05, 3.63) is 66.5 Å². The van der Waals surface area contributed by atoms with Crippen LogP contribution in [0, 0.1) is 0 Å². The van der Waals surface area contributed by atoms with Gasteiger partial charge in [0.2, 0.25) is 0 Å². The molecule has 0 saturated carbocycles. The number of fused-ring (bicyclic) bond motifs is 1. The molecule has 1 atom stereocenters. The highest BCUT2D eigenvalue weighted by Crippen LogP contribution is 2.36. The third kappa shape index (κ3) is 4.41. The van der Waals surface area contributed by atoms with Gasteiger partial charge in [0, 0.05) is 42.9 Å². The Morgan fingerprint density at radius 1 is 1.03 bits per heavy atom. The third-order valence-corrected chi connectivity index (χ3v) is 5.92. The topological polar surface area (TPSA) is 75.0 Å². The molecule has 6 heteroatoms. The fraction of sp³-hybridized carbons (Fsp3) is 0.375. The van der Waals surface area contributed by atoms with Crippen LogP contribution in [0.3, 0.4) is 0 Å². The molecule has 2 heterocycles. The second-order valence-electron chi connectivity index (χ2n) is 7.77. The van der Waals surface area contributed by atoms with Crippen LogP contribution in [0.2, 0.25) is 0 Å². The molecule has 1 aliphatic heterocycles. The second kappa shape index (κ2) is 9.00. The van der Waals surface area contributed by atoms with Gasteiger partial charge in [-0.3, -0.25) is 9.88 Å². The molecule has 6 nitrogen and oxygen atoms in total. The van der Waals surface area contributed by atoms with Gasteiger partial charge in [-0.1, -0.05) is 24.3 Å². The zero-order valence-corrected chi connectivity index (χ0v) is 17.2. The lowest BCUT2D eigenvalue weighted by Gasteiger charge is -2.40. The lowest BCUT2D eigenvalue weighted by Crippen LogP contribution is -2.47. The summed E-state index contributed by atoms with van der Waals surface area (Å²) in [7, 11) is 1.63. The molecule has 1 fully saturated rings. The number of pyridine rings is 1. The van der Waals surface area contributed by atoms with Gasteiger partial charge < -0.3 is 19.7 Å². The number of benzene rings is 2. The van der Waals surface area contributed by atoms with Crippen LogP contribution in [0.15, 0.2) is 60.9 Å². The number of aliphatic hydroxyl groups excluding tert-OH is 1. The number of methoxy groups -OCH3 is 1. The molecule has 30 heavy (non-hydrogen) atoms. The van der Waals surface area contributed by atoms with Crippen molar-refractivity contribution in [1.29, 1.82) is 0 Å². The predicted molar refractivity (Wildman–Crippen MR) is 116 cm³/mol. The highest BCUT2D eigenvalue weighted by atomic mass is 16.5. The standard InChI is InChI=1S/C24H28N2O4/c1-29-19-6-8-20(9-7-19)30-15-10-23(27)26-13-11-24(28,12-14-26)22-17-25-16-18-4-2-3-5-21(18)22/h2-9,16-17,23,27-28H,10-15H2,1H3. The first-order valence-corrected chi connectivity index (χ1v) is 10.3. The molecule has 1 saturated heterocycles. The van der Waals surface area contributed by atoms with E-state index in [1.165, 1.54) is 0 Å². The van der Waals surface area contributed by atoms with Crippen molar-refractivity contribution in [3.63, 3.8) is 0 Å². The molecule has 1 unspecified atom stereocenters. The average molecular weight is 408 g/mol. The summed E-state index contributed by atoms with van der Waals surface area (Å²) >= 11 is 0. The van der Waals surface area contributed by atoms with E-state index < -0.39 is 11.8 Å². The van der Waals surface area contributed by atoms with Crippen molar-refractivity contribution in [2.45, 2.75) is 31.1 Å². The van der Waals surface area contributed by atoms with Crippen LogP contribution >= 0.6 is 0 Å². The van der Waals surface area contributed by atoms with E-state index in [0.29, 0.717) is 39.0 Å². The Bertz CT molecular complexity index is 963. The normalized spacial score (nSPS) is 17.6. The molecule has 1 aliphatic rings. The van der Waals surface area contributed by atoms with Gasteiger partial charge >= 0.3 is 0 Å².